The summed E-state index contributed by atoms with van der Waals surface area (Å²) in [6.07, 6.45) is 0. The van der Waals surface area contributed by atoms with Crippen LogP contribution in [0.1, 0.15) is 25.0 Å². The lowest BCUT2D eigenvalue weighted by atomic mass is 10.2. The van der Waals surface area contributed by atoms with Gasteiger partial charge in [0.1, 0.15) is 11.5 Å². The lowest BCUT2D eigenvalue weighted by Gasteiger charge is -2.14. The minimum Gasteiger partial charge on any atom is -0.494 e. The number of nitrogens with one attached hydrogen (secondary N) is 2. The van der Waals surface area contributed by atoms with Crippen molar-refractivity contribution in [3.8, 4) is 11.5 Å². The first kappa shape index (κ1) is 24.5. The standard InChI is InChI=1S/C21H28N4O3.HI/c1-3-23-21(25-14-17-9-5-6-11-19(17)27-4-2)24-13-16-8-7-10-18(12-16)28-15-20(22)26;/h5-12H,3-4,13-15H2,1-2H3,(H2,22,26)(H2,23,24,25);1H. The quantitative estimate of drug-likeness (QED) is 0.259. The topological polar surface area (TPSA) is 98.0 Å². The van der Waals surface area contributed by atoms with Crippen LogP contribution in [0.5, 0.6) is 11.5 Å². The maximum Gasteiger partial charge on any atom is 0.255 e. The molecule has 0 atom stereocenters. The molecule has 0 radical (unpaired) electrons. The fraction of sp³-hybridized carbons (Fsp3) is 0.333. The van der Waals surface area contributed by atoms with Crippen LogP contribution in [0.25, 0.3) is 0 Å². The first-order valence-corrected chi connectivity index (χ1v) is 9.35. The number of rotatable bonds is 10. The van der Waals surface area contributed by atoms with Crippen LogP contribution in [0.4, 0.5) is 0 Å². The van der Waals surface area contributed by atoms with Crippen LogP contribution in [0.3, 0.4) is 0 Å². The number of benzene rings is 2. The zero-order chi connectivity index (χ0) is 20.2. The number of aliphatic imine (C=N–C) groups is 1. The SMILES string of the molecule is CCNC(=NCc1cccc(OCC(N)=O)c1)NCc1ccccc1OCC.I. The molecule has 0 aliphatic heterocycles. The Morgan fingerprint density at radius 2 is 1.86 bits per heavy atom. The zero-order valence-electron chi connectivity index (χ0n) is 16.8. The summed E-state index contributed by atoms with van der Waals surface area (Å²) in [6.45, 7) is 6.29. The van der Waals surface area contributed by atoms with Gasteiger partial charge < -0.3 is 25.8 Å². The molecule has 0 spiro atoms. The first-order valence-electron chi connectivity index (χ1n) is 9.35. The van der Waals surface area contributed by atoms with Gasteiger partial charge in [-0.2, -0.15) is 0 Å². The highest BCUT2D eigenvalue weighted by Gasteiger charge is 2.05. The van der Waals surface area contributed by atoms with E-state index in [2.05, 4.69) is 15.6 Å². The Hall–Kier alpha value is -2.49. The van der Waals surface area contributed by atoms with Crippen molar-refractivity contribution in [3.05, 3.63) is 59.7 Å². The predicted molar refractivity (Wildman–Crippen MR) is 126 cm³/mol. The van der Waals surface area contributed by atoms with Gasteiger partial charge in [0.2, 0.25) is 0 Å². The number of hydrogen-bond donors (Lipinski definition) is 3. The third-order valence-corrected chi connectivity index (χ3v) is 3.76. The van der Waals surface area contributed by atoms with Crippen molar-refractivity contribution in [1.82, 2.24) is 10.6 Å². The van der Waals surface area contributed by atoms with Gasteiger partial charge in [0.25, 0.3) is 5.91 Å². The second-order valence-corrected chi connectivity index (χ2v) is 5.99. The van der Waals surface area contributed by atoms with E-state index in [1.54, 1.807) is 6.07 Å². The Labute approximate surface area is 189 Å². The number of carbonyl (C=O) groups is 1. The summed E-state index contributed by atoms with van der Waals surface area (Å²) in [5, 5.41) is 6.56. The molecule has 0 unspecified atom stereocenters. The fourth-order valence-corrected chi connectivity index (χ4v) is 2.53. The maximum absolute atomic E-state index is 10.8. The molecule has 29 heavy (non-hydrogen) atoms. The molecule has 0 aliphatic rings. The van der Waals surface area contributed by atoms with Crippen molar-refractivity contribution in [2.24, 2.45) is 10.7 Å². The van der Waals surface area contributed by atoms with Gasteiger partial charge in [-0.15, -0.1) is 24.0 Å². The van der Waals surface area contributed by atoms with Crippen LogP contribution >= 0.6 is 24.0 Å². The third kappa shape index (κ3) is 9.03. The number of ether oxygens (including phenoxy) is 2. The maximum atomic E-state index is 10.8. The van der Waals surface area contributed by atoms with Crippen LogP contribution in [0, 0.1) is 0 Å². The molecule has 0 saturated heterocycles. The van der Waals surface area contributed by atoms with Crippen LogP contribution in [0.15, 0.2) is 53.5 Å². The molecule has 1 amide bonds. The van der Waals surface area contributed by atoms with E-state index in [1.165, 1.54) is 0 Å². The van der Waals surface area contributed by atoms with Gasteiger partial charge in [0.15, 0.2) is 12.6 Å². The predicted octanol–water partition coefficient (Wildman–Crippen LogP) is 2.82. The molecule has 0 aromatic heterocycles. The Kier molecular flexibility index (Phi) is 11.6. The van der Waals surface area contributed by atoms with E-state index in [1.807, 2.05) is 56.3 Å². The van der Waals surface area contributed by atoms with Crippen molar-refractivity contribution in [2.75, 3.05) is 19.8 Å². The molecule has 0 heterocycles. The molecule has 0 aliphatic carbocycles. The second kappa shape index (κ2) is 13.6. The fourth-order valence-electron chi connectivity index (χ4n) is 2.53. The van der Waals surface area contributed by atoms with Gasteiger partial charge in [-0.05, 0) is 37.6 Å². The molecule has 4 N–H and O–H groups in total. The number of hydrogen-bond acceptors (Lipinski definition) is 4. The Bertz CT molecular complexity index is 799. The van der Waals surface area contributed by atoms with Gasteiger partial charge in [-0.3, -0.25) is 4.79 Å². The summed E-state index contributed by atoms with van der Waals surface area (Å²) in [6, 6.07) is 15.4. The summed E-state index contributed by atoms with van der Waals surface area (Å²) < 4.78 is 11.0. The van der Waals surface area contributed by atoms with Crippen LogP contribution < -0.4 is 25.8 Å². The molecule has 2 aromatic carbocycles. The molecular weight excluding hydrogens is 483 g/mol. The summed E-state index contributed by atoms with van der Waals surface area (Å²) in [4.78, 5) is 15.5. The number of nitrogens with zero attached hydrogens (tertiary/aromatic N) is 1. The van der Waals surface area contributed by atoms with Gasteiger partial charge in [0.05, 0.1) is 13.2 Å². The lowest BCUT2D eigenvalue weighted by Crippen LogP contribution is -2.36. The van der Waals surface area contributed by atoms with Crippen molar-refractivity contribution in [3.63, 3.8) is 0 Å². The average molecular weight is 512 g/mol. The largest absolute Gasteiger partial charge is 0.494 e. The van der Waals surface area contributed by atoms with Gasteiger partial charge in [0, 0.05) is 18.7 Å². The molecule has 2 rings (SSSR count). The molecular formula is C21H29IN4O3. The minimum atomic E-state index is -0.505. The third-order valence-electron chi connectivity index (χ3n) is 3.76. The number of nitrogens with two attached hydrogens (primary N) is 1. The Morgan fingerprint density at radius 1 is 1.07 bits per heavy atom. The number of halogens is 1. The number of primary amides is 1. The van der Waals surface area contributed by atoms with Crippen LogP contribution in [0.2, 0.25) is 0 Å². The van der Waals surface area contributed by atoms with Crippen LogP contribution in [-0.4, -0.2) is 31.6 Å². The van der Waals surface area contributed by atoms with E-state index in [-0.39, 0.29) is 30.6 Å². The van der Waals surface area contributed by atoms with E-state index in [9.17, 15) is 4.79 Å². The number of amides is 1. The molecule has 2 aromatic rings. The molecule has 0 bridgehead atoms. The van der Waals surface area contributed by atoms with Gasteiger partial charge >= 0.3 is 0 Å². The zero-order valence-corrected chi connectivity index (χ0v) is 19.1. The second-order valence-electron chi connectivity index (χ2n) is 5.99. The van der Waals surface area contributed by atoms with E-state index in [0.717, 1.165) is 23.4 Å². The highest BCUT2D eigenvalue weighted by atomic mass is 127. The van der Waals surface area contributed by atoms with Gasteiger partial charge in [-0.1, -0.05) is 30.3 Å². The molecule has 0 saturated carbocycles. The van der Waals surface area contributed by atoms with Gasteiger partial charge in [-0.25, -0.2) is 4.99 Å². The lowest BCUT2D eigenvalue weighted by molar-refractivity contribution is -0.119. The van der Waals surface area contributed by atoms with E-state index in [0.29, 0.717) is 31.4 Å². The highest BCUT2D eigenvalue weighted by molar-refractivity contribution is 14.0. The van der Waals surface area contributed by atoms with Crippen molar-refractivity contribution in [2.45, 2.75) is 26.9 Å². The monoisotopic (exact) mass is 512 g/mol. The average Bonchev–Trinajstić information content (AvgIpc) is 2.70. The molecule has 7 nitrogen and oxygen atoms in total. The number of carbonyl (C=O) groups excluding carboxylic acids is 1. The van der Waals surface area contributed by atoms with Crippen molar-refractivity contribution >= 4 is 35.8 Å². The molecule has 158 valence electrons. The minimum absolute atomic E-state index is 0. The number of guanidine groups is 1. The Balaban J connectivity index is 0.00000420. The van der Waals surface area contributed by atoms with E-state index < -0.39 is 5.91 Å². The van der Waals surface area contributed by atoms with Crippen molar-refractivity contribution in [1.29, 1.82) is 0 Å². The highest BCUT2D eigenvalue weighted by Crippen LogP contribution is 2.17. The van der Waals surface area contributed by atoms with Crippen LogP contribution in [-0.2, 0) is 17.9 Å². The normalized spacial score (nSPS) is 10.6. The smallest absolute Gasteiger partial charge is 0.255 e. The first-order chi connectivity index (χ1) is 13.6. The number of para-hydroxylation sites is 1. The molecule has 8 heteroatoms. The summed E-state index contributed by atoms with van der Waals surface area (Å²) >= 11 is 0. The summed E-state index contributed by atoms with van der Waals surface area (Å²) in [7, 11) is 0. The molecule has 0 fully saturated rings. The summed E-state index contributed by atoms with van der Waals surface area (Å²) in [5.41, 5.74) is 7.14. The van der Waals surface area contributed by atoms with E-state index in [4.69, 9.17) is 15.2 Å². The van der Waals surface area contributed by atoms with E-state index >= 15 is 0 Å². The van der Waals surface area contributed by atoms with Crippen molar-refractivity contribution < 1.29 is 14.3 Å². The summed E-state index contributed by atoms with van der Waals surface area (Å²) in [5.74, 6) is 1.66. The Morgan fingerprint density at radius 3 is 2.59 bits per heavy atom.